The highest BCUT2D eigenvalue weighted by atomic mass is 16.6. The van der Waals surface area contributed by atoms with Crippen molar-refractivity contribution in [3.63, 3.8) is 0 Å². The molecule has 0 aliphatic heterocycles. The zero-order valence-electron chi connectivity index (χ0n) is 4.20. The summed E-state index contributed by atoms with van der Waals surface area (Å²) in [5.41, 5.74) is 4.92. The van der Waals surface area contributed by atoms with Crippen molar-refractivity contribution in [3.8, 4) is 0 Å². The van der Waals surface area contributed by atoms with Gasteiger partial charge in [-0.3, -0.25) is 4.79 Å². The molecule has 48 valence electrons. The highest BCUT2D eigenvalue weighted by molar-refractivity contribution is 5.73. The predicted molar refractivity (Wildman–Crippen MR) is 25.8 cm³/mol. The molecule has 0 fully saturated rings. The zero-order chi connectivity index (χ0) is 6.57. The lowest BCUT2D eigenvalue weighted by molar-refractivity contribution is -0.140. The Morgan fingerprint density at radius 2 is 2.38 bits per heavy atom. The van der Waals surface area contributed by atoms with Crippen molar-refractivity contribution >= 4 is 5.97 Å². The summed E-state index contributed by atoms with van der Waals surface area (Å²) >= 11 is 0. The first-order valence-electron chi connectivity index (χ1n) is 1.98. The Labute approximate surface area is 46.2 Å². The molecule has 0 rings (SSSR count). The summed E-state index contributed by atoms with van der Waals surface area (Å²) in [5, 5.41) is 8.05. The van der Waals surface area contributed by atoms with E-state index < -0.39 is 12.0 Å². The van der Waals surface area contributed by atoms with Crippen molar-refractivity contribution in [3.05, 3.63) is 0 Å². The van der Waals surface area contributed by atoms with Crippen LogP contribution in [0.4, 0.5) is 0 Å². The molecule has 0 saturated carbocycles. The molecule has 0 bridgehead atoms. The van der Waals surface area contributed by atoms with Gasteiger partial charge >= 0.3 is 5.97 Å². The van der Waals surface area contributed by atoms with Crippen LogP contribution in [0.2, 0.25) is 0 Å². The monoisotopic (exact) mass is 120 g/mol. The molecule has 0 radical (unpaired) electrons. The standard InChI is InChI=1S/C3H8N2O3/c4-2(1-8-5)3(6)7/h2H,1,4-5H2,(H,6,7). The van der Waals surface area contributed by atoms with Crippen LogP contribution in [0.3, 0.4) is 0 Å². The van der Waals surface area contributed by atoms with Crippen LogP contribution in [0, 0.1) is 0 Å². The number of hydrogen-bond donors (Lipinski definition) is 3. The SMILES string of the molecule is NOCC(N)C(=O)O. The minimum atomic E-state index is -1.12. The molecule has 0 aliphatic rings. The van der Waals surface area contributed by atoms with Crippen LogP contribution < -0.4 is 11.6 Å². The number of carbonyl (C=O) groups is 1. The van der Waals surface area contributed by atoms with Crippen molar-refractivity contribution < 1.29 is 14.7 Å². The molecule has 5 nitrogen and oxygen atoms in total. The summed E-state index contributed by atoms with van der Waals surface area (Å²) in [7, 11) is 0. The lowest BCUT2D eigenvalue weighted by Gasteiger charge is -2.00. The van der Waals surface area contributed by atoms with Crippen molar-refractivity contribution in [2.45, 2.75) is 6.04 Å². The van der Waals surface area contributed by atoms with Gasteiger partial charge in [0, 0.05) is 0 Å². The molecule has 0 amide bonds. The molecule has 1 unspecified atom stereocenters. The van der Waals surface area contributed by atoms with Gasteiger partial charge in [-0.05, 0) is 0 Å². The van der Waals surface area contributed by atoms with Crippen LogP contribution in [-0.2, 0) is 9.63 Å². The molecule has 0 heterocycles. The fourth-order valence-corrected chi connectivity index (χ4v) is 0.175. The Hall–Kier alpha value is -0.650. The number of hydrogen-bond acceptors (Lipinski definition) is 4. The Morgan fingerprint density at radius 1 is 1.88 bits per heavy atom. The molecule has 1 atom stereocenters. The molecule has 0 aromatic carbocycles. The molecular weight excluding hydrogens is 112 g/mol. The van der Waals surface area contributed by atoms with Crippen LogP contribution in [0.1, 0.15) is 0 Å². The van der Waals surface area contributed by atoms with Crippen molar-refractivity contribution in [2.24, 2.45) is 11.6 Å². The van der Waals surface area contributed by atoms with Crippen LogP contribution in [0.25, 0.3) is 0 Å². The predicted octanol–water partition coefficient (Wildman–Crippen LogP) is -1.71. The number of carboxylic acid groups (broad SMARTS) is 1. The quantitative estimate of drug-likeness (QED) is 0.385. The fourth-order valence-electron chi connectivity index (χ4n) is 0.175. The van der Waals surface area contributed by atoms with Crippen LogP contribution in [0.5, 0.6) is 0 Å². The number of carboxylic acids is 1. The lowest BCUT2D eigenvalue weighted by Crippen LogP contribution is -2.35. The summed E-state index contributed by atoms with van der Waals surface area (Å²) in [4.78, 5) is 13.8. The number of rotatable bonds is 3. The highest BCUT2D eigenvalue weighted by Gasteiger charge is 2.09. The summed E-state index contributed by atoms with van der Waals surface area (Å²) in [6.07, 6.45) is 0. The van der Waals surface area contributed by atoms with E-state index in [1.807, 2.05) is 0 Å². The Morgan fingerprint density at radius 3 is 2.50 bits per heavy atom. The molecule has 0 aliphatic carbocycles. The highest BCUT2D eigenvalue weighted by Crippen LogP contribution is 1.75. The minimum absolute atomic E-state index is 0.157. The van der Waals surface area contributed by atoms with Crippen LogP contribution in [-0.4, -0.2) is 23.7 Å². The van der Waals surface area contributed by atoms with E-state index in [1.165, 1.54) is 0 Å². The van der Waals surface area contributed by atoms with E-state index in [4.69, 9.17) is 10.8 Å². The molecule has 5 N–H and O–H groups in total. The molecular formula is C3H8N2O3. The Bertz CT molecular complexity index is 84.6. The maximum Gasteiger partial charge on any atom is 0.322 e. The third-order valence-electron chi connectivity index (χ3n) is 0.593. The van der Waals surface area contributed by atoms with Crippen molar-refractivity contribution in [1.82, 2.24) is 0 Å². The smallest absolute Gasteiger partial charge is 0.322 e. The average Bonchev–Trinajstić information content (AvgIpc) is 1.67. The van der Waals surface area contributed by atoms with Gasteiger partial charge in [0.25, 0.3) is 0 Å². The summed E-state index contributed by atoms with van der Waals surface area (Å²) in [6.45, 7) is -0.157. The zero-order valence-corrected chi connectivity index (χ0v) is 4.20. The summed E-state index contributed by atoms with van der Waals surface area (Å²) < 4.78 is 0. The number of aliphatic carboxylic acids is 1. The second kappa shape index (κ2) is 3.36. The Kier molecular flexibility index (Phi) is 3.09. The normalized spacial score (nSPS) is 13.2. The second-order valence-corrected chi connectivity index (χ2v) is 1.28. The van der Waals surface area contributed by atoms with E-state index in [0.717, 1.165) is 0 Å². The van der Waals surface area contributed by atoms with Gasteiger partial charge in [-0.15, -0.1) is 0 Å². The second-order valence-electron chi connectivity index (χ2n) is 1.28. The van der Waals surface area contributed by atoms with Crippen LogP contribution >= 0.6 is 0 Å². The van der Waals surface area contributed by atoms with Gasteiger partial charge in [-0.1, -0.05) is 0 Å². The van der Waals surface area contributed by atoms with Gasteiger partial charge in [0.1, 0.15) is 6.04 Å². The van der Waals surface area contributed by atoms with E-state index >= 15 is 0 Å². The summed E-state index contributed by atoms with van der Waals surface area (Å²) in [5.74, 6) is 3.41. The average molecular weight is 120 g/mol. The van der Waals surface area contributed by atoms with Crippen molar-refractivity contribution in [1.29, 1.82) is 0 Å². The molecule has 8 heavy (non-hydrogen) atoms. The maximum absolute atomic E-state index is 9.83. The molecule has 0 spiro atoms. The number of nitrogens with two attached hydrogens (primary N) is 2. The first-order chi connectivity index (χ1) is 3.68. The first-order valence-corrected chi connectivity index (χ1v) is 1.98. The molecule has 0 aromatic heterocycles. The van der Waals surface area contributed by atoms with Crippen molar-refractivity contribution in [2.75, 3.05) is 6.61 Å². The first kappa shape index (κ1) is 7.35. The summed E-state index contributed by atoms with van der Waals surface area (Å²) in [6, 6.07) is -1.01. The van der Waals surface area contributed by atoms with Crippen LogP contribution in [0.15, 0.2) is 0 Å². The Balaban J connectivity index is 3.32. The fraction of sp³-hybridized carbons (Fsp3) is 0.667. The third kappa shape index (κ3) is 2.51. The van der Waals surface area contributed by atoms with Gasteiger partial charge in [-0.25, -0.2) is 5.90 Å². The van der Waals surface area contributed by atoms with E-state index in [0.29, 0.717) is 0 Å². The molecule has 0 saturated heterocycles. The van der Waals surface area contributed by atoms with Gasteiger partial charge in [0.15, 0.2) is 0 Å². The molecule has 0 aromatic rings. The van der Waals surface area contributed by atoms with E-state index in [2.05, 4.69) is 10.7 Å². The third-order valence-corrected chi connectivity index (χ3v) is 0.593. The minimum Gasteiger partial charge on any atom is -0.480 e. The van der Waals surface area contributed by atoms with Gasteiger partial charge < -0.3 is 15.7 Å². The van der Waals surface area contributed by atoms with E-state index in [-0.39, 0.29) is 6.61 Å². The van der Waals surface area contributed by atoms with Gasteiger partial charge in [-0.2, -0.15) is 0 Å². The van der Waals surface area contributed by atoms with Gasteiger partial charge in [0.05, 0.1) is 6.61 Å². The lowest BCUT2D eigenvalue weighted by atomic mass is 10.3. The topological polar surface area (TPSA) is 98.6 Å². The van der Waals surface area contributed by atoms with E-state index in [1.54, 1.807) is 0 Å². The maximum atomic E-state index is 9.83. The van der Waals surface area contributed by atoms with E-state index in [9.17, 15) is 4.79 Å². The largest absolute Gasteiger partial charge is 0.480 e. The molecule has 5 heteroatoms. The van der Waals surface area contributed by atoms with Gasteiger partial charge in [0.2, 0.25) is 0 Å².